The van der Waals surface area contributed by atoms with E-state index in [-0.39, 0.29) is 5.57 Å². The summed E-state index contributed by atoms with van der Waals surface area (Å²) in [5, 5.41) is 2.20. The molecule has 3 rings (SSSR count). The Balaban J connectivity index is 2.00. The molecule has 23 heavy (non-hydrogen) atoms. The van der Waals surface area contributed by atoms with Gasteiger partial charge in [0.15, 0.2) is 0 Å². The van der Waals surface area contributed by atoms with E-state index in [0.29, 0.717) is 5.69 Å². The van der Waals surface area contributed by atoms with Gasteiger partial charge in [-0.15, -0.1) is 11.3 Å². The minimum Gasteiger partial charge on any atom is -0.273 e. The third-order valence-electron chi connectivity index (χ3n) is 3.23. The number of barbiturate groups is 1. The topological polar surface area (TPSA) is 66.5 Å². The van der Waals surface area contributed by atoms with Crippen molar-refractivity contribution in [3.05, 3.63) is 56.2 Å². The molecule has 1 aromatic carbocycles. The molecule has 1 N–H and O–H groups in total. The Morgan fingerprint density at radius 1 is 1.09 bits per heavy atom. The minimum absolute atomic E-state index is 0.0608. The van der Waals surface area contributed by atoms with Crippen molar-refractivity contribution < 1.29 is 14.4 Å². The van der Waals surface area contributed by atoms with Gasteiger partial charge in [0.1, 0.15) is 5.57 Å². The molecule has 0 aliphatic carbocycles. The molecule has 5 nitrogen and oxygen atoms in total. The predicted octanol–water partition coefficient (Wildman–Crippen LogP) is 3.49. The van der Waals surface area contributed by atoms with Crippen LogP contribution in [0, 0.1) is 6.92 Å². The Bertz CT molecular complexity index is 839. The highest BCUT2D eigenvalue weighted by atomic mass is 79.9. The summed E-state index contributed by atoms with van der Waals surface area (Å²) >= 11 is 4.77. The number of aryl methyl sites for hydroxylation is 1. The largest absolute Gasteiger partial charge is 0.335 e. The summed E-state index contributed by atoms with van der Waals surface area (Å²) < 4.78 is 0.826. The molecule has 1 saturated heterocycles. The summed E-state index contributed by atoms with van der Waals surface area (Å²) in [5.41, 5.74) is 0.339. The number of rotatable bonds is 2. The molecule has 1 aliphatic rings. The molecule has 2 aromatic rings. The number of nitrogens with zero attached hydrogens (tertiary/aromatic N) is 1. The van der Waals surface area contributed by atoms with Crippen LogP contribution in [0.5, 0.6) is 0 Å². The predicted molar refractivity (Wildman–Crippen MR) is 92.2 cm³/mol. The first-order chi connectivity index (χ1) is 11.0. The van der Waals surface area contributed by atoms with Crippen molar-refractivity contribution in [1.82, 2.24) is 5.32 Å². The highest BCUT2D eigenvalue weighted by molar-refractivity contribution is 9.10. The van der Waals surface area contributed by atoms with Gasteiger partial charge in [-0.2, -0.15) is 0 Å². The third-order valence-corrected chi connectivity index (χ3v) is 4.71. The summed E-state index contributed by atoms with van der Waals surface area (Å²) in [6, 6.07) is 9.68. The molecule has 116 valence electrons. The van der Waals surface area contributed by atoms with E-state index in [1.807, 2.05) is 19.1 Å². The van der Waals surface area contributed by atoms with Crippen LogP contribution in [0.3, 0.4) is 0 Å². The Morgan fingerprint density at radius 2 is 1.78 bits per heavy atom. The first-order valence-electron chi connectivity index (χ1n) is 6.69. The van der Waals surface area contributed by atoms with Crippen LogP contribution >= 0.6 is 27.3 Å². The molecule has 0 atom stereocenters. The zero-order valence-electron chi connectivity index (χ0n) is 12.0. The van der Waals surface area contributed by atoms with E-state index < -0.39 is 17.8 Å². The third kappa shape index (κ3) is 3.11. The molecule has 0 spiro atoms. The quantitative estimate of drug-likeness (QED) is 0.630. The van der Waals surface area contributed by atoms with E-state index in [1.54, 1.807) is 24.3 Å². The second-order valence-corrected chi connectivity index (χ2v) is 7.12. The van der Waals surface area contributed by atoms with Crippen LogP contribution in [-0.2, 0) is 9.59 Å². The SMILES string of the molecule is Cc1ccc(C=C2C(=O)NC(=O)N(c3ccc(Br)cc3)C2=O)s1. The zero-order valence-corrected chi connectivity index (χ0v) is 14.4. The van der Waals surface area contributed by atoms with E-state index in [9.17, 15) is 14.4 Å². The monoisotopic (exact) mass is 390 g/mol. The van der Waals surface area contributed by atoms with E-state index in [0.717, 1.165) is 19.1 Å². The number of carbonyl (C=O) groups is 3. The summed E-state index contributed by atoms with van der Waals surface area (Å²) in [7, 11) is 0. The van der Waals surface area contributed by atoms with Crippen molar-refractivity contribution in [2.45, 2.75) is 6.92 Å². The fourth-order valence-corrected chi connectivity index (χ4v) is 3.24. The van der Waals surface area contributed by atoms with Crippen molar-refractivity contribution in [3.63, 3.8) is 0 Å². The fourth-order valence-electron chi connectivity index (χ4n) is 2.16. The summed E-state index contributed by atoms with van der Waals surface area (Å²) in [6.07, 6.45) is 1.51. The van der Waals surface area contributed by atoms with Crippen LogP contribution < -0.4 is 10.2 Å². The van der Waals surface area contributed by atoms with E-state index in [2.05, 4.69) is 21.2 Å². The maximum absolute atomic E-state index is 12.6. The molecule has 0 bridgehead atoms. The number of benzene rings is 1. The highest BCUT2D eigenvalue weighted by Crippen LogP contribution is 2.25. The van der Waals surface area contributed by atoms with Crippen LogP contribution in [0.1, 0.15) is 9.75 Å². The number of hydrogen-bond acceptors (Lipinski definition) is 4. The lowest BCUT2D eigenvalue weighted by molar-refractivity contribution is -0.122. The van der Waals surface area contributed by atoms with E-state index in [4.69, 9.17) is 0 Å². The van der Waals surface area contributed by atoms with Crippen molar-refractivity contribution in [1.29, 1.82) is 0 Å². The summed E-state index contributed by atoms with van der Waals surface area (Å²) in [6.45, 7) is 1.94. The van der Waals surface area contributed by atoms with Crippen LogP contribution in [0.2, 0.25) is 0 Å². The van der Waals surface area contributed by atoms with E-state index >= 15 is 0 Å². The van der Waals surface area contributed by atoms with Crippen molar-refractivity contribution in [3.8, 4) is 0 Å². The molecular weight excluding hydrogens is 380 g/mol. The number of thiophene rings is 1. The molecule has 1 aromatic heterocycles. The van der Waals surface area contributed by atoms with Gasteiger partial charge in [0.2, 0.25) is 0 Å². The Kier molecular flexibility index (Phi) is 4.14. The molecule has 0 radical (unpaired) electrons. The lowest BCUT2D eigenvalue weighted by atomic mass is 10.1. The van der Waals surface area contributed by atoms with Gasteiger partial charge in [0.25, 0.3) is 11.8 Å². The Labute approximate surface area is 144 Å². The van der Waals surface area contributed by atoms with Gasteiger partial charge < -0.3 is 0 Å². The second-order valence-electron chi connectivity index (χ2n) is 4.88. The first kappa shape index (κ1) is 15.6. The number of halogens is 1. The molecule has 0 saturated carbocycles. The molecular formula is C16H11BrN2O3S. The van der Waals surface area contributed by atoms with Crippen molar-refractivity contribution >= 4 is 56.9 Å². The van der Waals surface area contributed by atoms with Crippen molar-refractivity contribution in [2.24, 2.45) is 0 Å². The summed E-state index contributed by atoms with van der Waals surface area (Å²) in [5.74, 6) is -1.31. The smallest absolute Gasteiger partial charge is 0.273 e. The molecule has 4 amide bonds. The maximum Gasteiger partial charge on any atom is 0.335 e. The van der Waals surface area contributed by atoms with Gasteiger partial charge in [-0.3, -0.25) is 14.9 Å². The number of carbonyl (C=O) groups excluding carboxylic acids is 3. The van der Waals surface area contributed by atoms with Gasteiger partial charge in [0.05, 0.1) is 5.69 Å². The van der Waals surface area contributed by atoms with Crippen LogP contribution in [0.4, 0.5) is 10.5 Å². The first-order valence-corrected chi connectivity index (χ1v) is 8.30. The van der Waals surface area contributed by atoms with Gasteiger partial charge in [-0.05, 0) is 49.4 Å². The average molecular weight is 391 g/mol. The number of hydrogen-bond donors (Lipinski definition) is 1. The van der Waals surface area contributed by atoms with Gasteiger partial charge in [-0.25, -0.2) is 9.69 Å². The van der Waals surface area contributed by atoms with Gasteiger partial charge >= 0.3 is 6.03 Å². The maximum atomic E-state index is 12.6. The number of amides is 4. The molecule has 1 fully saturated rings. The van der Waals surface area contributed by atoms with Crippen LogP contribution in [-0.4, -0.2) is 17.8 Å². The lowest BCUT2D eigenvalue weighted by Gasteiger charge is -2.26. The zero-order chi connectivity index (χ0) is 16.6. The number of urea groups is 1. The number of anilines is 1. The van der Waals surface area contributed by atoms with E-state index in [1.165, 1.54) is 17.4 Å². The summed E-state index contributed by atoms with van der Waals surface area (Å²) in [4.78, 5) is 39.5. The molecule has 2 heterocycles. The Hall–Kier alpha value is -2.25. The fraction of sp³-hybridized carbons (Fsp3) is 0.0625. The van der Waals surface area contributed by atoms with Crippen LogP contribution in [0.15, 0.2) is 46.4 Å². The highest BCUT2D eigenvalue weighted by Gasteiger charge is 2.36. The van der Waals surface area contributed by atoms with Crippen molar-refractivity contribution in [2.75, 3.05) is 4.90 Å². The number of imide groups is 2. The van der Waals surface area contributed by atoms with Gasteiger partial charge in [-0.1, -0.05) is 15.9 Å². The Morgan fingerprint density at radius 3 is 2.39 bits per heavy atom. The van der Waals surface area contributed by atoms with Gasteiger partial charge in [0, 0.05) is 14.2 Å². The van der Waals surface area contributed by atoms with Crippen LogP contribution in [0.25, 0.3) is 6.08 Å². The lowest BCUT2D eigenvalue weighted by Crippen LogP contribution is -2.54. The molecule has 7 heteroatoms. The normalized spacial score (nSPS) is 16.9. The molecule has 1 aliphatic heterocycles. The standard InChI is InChI=1S/C16H11BrN2O3S/c1-9-2-7-12(23-9)8-13-14(20)18-16(22)19(15(13)21)11-5-3-10(17)4-6-11/h2-8H,1H3,(H,18,20,22). The minimum atomic E-state index is -0.748. The molecule has 0 unspecified atom stereocenters. The average Bonchev–Trinajstić information content (AvgIpc) is 2.91. The second kappa shape index (κ2) is 6.10. The number of nitrogens with one attached hydrogen (secondary N) is 1.